The van der Waals surface area contributed by atoms with E-state index in [1.54, 1.807) is 6.20 Å². The van der Waals surface area contributed by atoms with Crippen molar-refractivity contribution in [3.05, 3.63) is 11.9 Å². The van der Waals surface area contributed by atoms with Crippen molar-refractivity contribution in [1.29, 1.82) is 0 Å². The lowest BCUT2D eigenvalue weighted by molar-refractivity contribution is 0.0947. The van der Waals surface area contributed by atoms with Gasteiger partial charge < -0.3 is 10.6 Å². The number of halogens is 1. The largest absolute Gasteiger partial charge is 0.351 e. The first-order valence-electron chi connectivity index (χ1n) is 9.23. The van der Waals surface area contributed by atoms with E-state index in [4.69, 9.17) is 0 Å². The highest BCUT2D eigenvalue weighted by atomic mass is 35.5. The van der Waals surface area contributed by atoms with Crippen molar-refractivity contribution in [1.82, 2.24) is 25.6 Å². The fourth-order valence-corrected chi connectivity index (χ4v) is 3.78. The van der Waals surface area contributed by atoms with Gasteiger partial charge in [-0.2, -0.15) is 0 Å². The van der Waals surface area contributed by atoms with Gasteiger partial charge in [0.1, 0.15) is 0 Å². The smallest absolute Gasteiger partial charge is 0.273 e. The normalized spacial score (nSPS) is 19.2. The van der Waals surface area contributed by atoms with E-state index in [1.807, 2.05) is 4.68 Å². The van der Waals surface area contributed by atoms with Gasteiger partial charge in [0, 0.05) is 6.54 Å². The first-order chi connectivity index (χ1) is 11.3. The molecule has 1 aliphatic heterocycles. The zero-order valence-corrected chi connectivity index (χ0v) is 15.2. The van der Waals surface area contributed by atoms with Crippen LogP contribution in [0.25, 0.3) is 0 Å². The van der Waals surface area contributed by atoms with Crippen molar-refractivity contribution >= 4 is 18.3 Å². The van der Waals surface area contributed by atoms with Crippen LogP contribution >= 0.6 is 12.4 Å². The third-order valence-corrected chi connectivity index (χ3v) is 5.23. The van der Waals surface area contributed by atoms with Gasteiger partial charge in [-0.15, -0.1) is 17.5 Å². The number of hydrogen-bond acceptors (Lipinski definition) is 4. The van der Waals surface area contributed by atoms with Crippen molar-refractivity contribution in [3.8, 4) is 0 Å². The molecule has 0 radical (unpaired) electrons. The van der Waals surface area contributed by atoms with E-state index < -0.39 is 0 Å². The SMILES string of the molecule is Cl.O=C(NCCCCC1CCCC1)c1cn(C2CCNCC2)nn1. The molecule has 2 aliphatic rings. The maximum Gasteiger partial charge on any atom is 0.273 e. The minimum Gasteiger partial charge on any atom is -0.351 e. The molecule has 7 heteroatoms. The summed E-state index contributed by atoms with van der Waals surface area (Å²) in [6, 6.07) is 0.372. The Balaban J connectivity index is 0.00000208. The number of carbonyl (C=O) groups excluding carboxylic acids is 1. The van der Waals surface area contributed by atoms with Crippen molar-refractivity contribution in [2.75, 3.05) is 19.6 Å². The Morgan fingerprint density at radius 3 is 2.71 bits per heavy atom. The molecule has 136 valence electrons. The summed E-state index contributed by atoms with van der Waals surface area (Å²) in [5, 5.41) is 14.5. The number of unbranched alkanes of at least 4 members (excludes halogenated alkanes) is 1. The van der Waals surface area contributed by atoms with Crippen molar-refractivity contribution in [2.24, 2.45) is 5.92 Å². The van der Waals surface area contributed by atoms with Gasteiger partial charge in [-0.3, -0.25) is 4.79 Å². The molecule has 3 rings (SSSR count). The van der Waals surface area contributed by atoms with Crippen LogP contribution < -0.4 is 10.6 Å². The van der Waals surface area contributed by atoms with Gasteiger partial charge in [0.05, 0.1) is 12.2 Å². The molecular formula is C17H30ClN5O. The van der Waals surface area contributed by atoms with Crippen LogP contribution in [0, 0.1) is 5.92 Å². The number of piperidine rings is 1. The van der Waals surface area contributed by atoms with E-state index in [9.17, 15) is 4.79 Å². The highest BCUT2D eigenvalue weighted by Gasteiger charge is 2.18. The van der Waals surface area contributed by atoms with Gasteiger partial charge >= 0.3 is 0 Å². The predicted octanol–water partition coefficient (Wildman–Crippen LogP) is 2.71. The molecule has 0 atom stereocenters. The molecule has 6 nitrogen and oxygen atoms in total. The number of amides is 1. The molecule has 0 spiro atoms. The highest BCUT2D eigenvalue weighted by molar-refractivity contribution is 5.91. The average Bonchev–Trinajstić information content (AvgIpc) is 3.27. The summed E-state index contributed by atoms with van der Waals surface area (Å²) in [7, 11) is 0. The Kier molecular flexibility index (Phi) is 7.99. The van der Waals surface area contributed by atoms with Crippen molar-refractivity contribution in [2.45, 2.75) is 63.8 Å². The lowest BCUT2D eigenvalue weighted by Crippen LogP contribution is -2.29. The number of nitrogens with zero attached hydrogens (tertiary/aromatic N) is 3. The number of nitrogens with one attached hydrogen (secondary N) is 2. The van der Waals surface area contributed by atoms with E-state index in [1.165, 1.54) is 38.5 Å². The van der Waals surface area contributed by atoms with Gasteiger partial charge in [0.25, 0.3) is 5.91 Å². The maximum absolute atomic E-state index is 12.1. The molecule has 24 heavy (non-hydrogen) atoms. The summed E-state index contributed by atoms with van der Waals surface area (Å²) < 4.78 is 1.86. The first-order valence-corrected chi connectivity index (χ1v) is 9.23. The summed E-state index contributed by atoms with van der Waals surface area (Å²) in [5.41, 5.74) is 0.444. The Labute approximate surface area is 150 Å². The molecule has 1 saturated carbocycles. The molecule has 2 N–H and O–H groups in total. The van der Waals surface area contributed by atoms with Crippen LogP contribution in [0.2, 0.25) is 0 Å². The van der Waals surface area contributed by atoms with E-state index in [0.29, 0.717) is 11.7 Å². The highest BCUT2D eigenvalue weighted by Crippen LogP contribution is 2.28. The molecule has 0 bridgehead atoms. The molecule has 1 amide bonds. The van der Waals surface area contributed by atoms with Crippen LogP contribution in [0.3, 0.4) is 0 Å². The minimum atomic E-state index is -0.0916. The fourth-order valence-electron chi connectivity index (χ4n) is 3.78. The molecule has 1 aromatic rings. The van der Waals surface area contributed by atoms with Gasteiger partial charge in [-0.05, 0) is 38.3 Å². The molecule has 1 aromatic heterocycles. The van der Waals surface area contributed by atoms with Crippen LogP contribution in [0.1, 0.15) is 74.3 Å². The van der Waals surface area contributed by atoms with E-state index >= 15 is 0 Å². The molecule has 2 heterocycles. The van der Waals surface area contributed by atoms with Crippen LogP contribution in [0.4, 0.5) is 0 Å². The molecule has 2 fully saturated rings. The van der Waals surface area contributed by atoms with Gasteiger partial charge in [-0.1, -0.05) is 43.7 Å². The van der Waals surface area contributed by atoms with Gasteiger partial charge in [0.2, 0.25) is 0 Å². The third-order valence-electron chi connectivity index (χ3n) is 5.23. The van der Waals surface area contributed by atoms with Crippen LogP contribution in [0.15, 0.2) is 6.20 Å². The summed E-state index contributed by atoms with van der Waals surface area (Å²) in [4.78, 5) is 12.1. The van der Waals surface area contributed by atoms with Gasteiger partial charge in [-0.25, -0.2) is 4.68 Å². The molecular weight excluding hydrogens is 326 g/mol. The average molecular weight is 356 g/mol. The second kappa shape index (κ2) is 9.99. The predicted molar refractivity (Wildman–Crippen MR) is 96.6 cm³/mol. The van der Waals surface area contributed by atoms with Crippen molar-refractivity contribution in [3.63, 3.8) is 0 Å². The van der Waals surface area contributed by atoms with Crippen molar-refractivity contribution < 1.29 is 4.79 Å². The monoisotopic (exact) mass is 355 g/mol. The summed E-state index contributed by atoms with van der Waals surface area (Å²) >= 11 is 0. The van der Waals surface area contributed by atoms with Crippen LogP contribution in [0.5, 0.6) is 0 Å². The zero-order valence-electron chi connectivity index (χ0n) is 14.4. The molecule has 1 aliphatic carbocycles. The van der Waals surface area contributed by atoms with Gasteiger partial charge in [0.15, 0.2) is 5.69 Å². The summed E-state index contributed by atoms with van der Waals surface area (Å²) in [5.74, 6) is 0.849. The second-order valence-corrected chi connectivity index (χ2v) is 6.97. The quantitative estimate of drug-likeness (QED) is 0.738. The number of rotatable bonds is 7. The molecule has 1 saturated heterocycles. The Bertz CT molecular complexity index is 495. The van der Waals surface area contributed by atoms with E-state index in [-0.39, 0.29) is 18.3 Å². The number of hydrogen-bond donors (Lipinski definition) is 2. The number of carbonyl (C=O) groups is 1. The Morgan fingerprint density at radius 1 is 1.21 bits per heavy atom. The fraction of sp³-hybridized carbons (Fsp3) is 0.824. The zero-order chi connectivity index (χ0) is 15.9. The van der Waals surface area contributed by atoms with Crippen LogP contribution in [-0.2, 0) is 0 Å². The Hall–Kier alpha value is -1.14. The minimum absolute atomic E-state index is 0. The molecule has 0 unspecified atom stereocenters. The first kappa shape index (κ1) is 19.2. The second-order valence-electron chi connectivity index (χ2n) is 6.97. The number of aromatic nitrogens is 3. The lowest BCUT2D eigenvalue weighted by atomic mass is 10.0. The Morgan fingerprint density at radius 2 is 1.96 bits per heavy atom. The standard InChI is InChI=1S/C17H29N5O.ClH/c23-17(19-10-4-3-7-14-5-1-2-6-14)16-13-22(21-20-16)15-8-11-18-12-9-15;/h13-15,18H,1-12H2,(H,19,23);1H. The lowest BCUT2D eigenvalue weighted by Gasteiger charge is -2.22. The van der Waals surface area contributed by atoms with Crippen LogP contribution in [-0.4, -0.2) is 40.5 Å². The maximum atomic E-state index is 12.1. The molecule has 0 aromatic carbocycles. The van der Waals surface area contributed by atoms with E-state index in [0.717, 1.165) is 44.8 Å². The summed E-state index contributed by atoms with van der Waals surface area (Å²) in [6.45, 7) is 2.76. The third kappa shape index (κ3) is 5.45. The van der Waals surface area contributed by atoms with E-state index in [2.05, 4.69) is 20.9 Å². The topological polar surface area (TPSA) is 71.8 Å². The summed E-state index contributed by atoms with van der Waals surface area (Å²) in [6.07, 6.45) is 13.1.